The highest BCUT2D eigenvalue weighted by Gasteiger charge is 2.18. The van der Waals surface area contributed by atoms with Crippen molar-refractivity contribution in [3.05, 3.63) is 71.1 Å². The summed E-state index contributed by atoms with van der Waals surface area (Å²) < 4.78 is 10.6. The summed E-state index contributed by atoms with van der Waals surface area (Å²) in [7, 11) is 0. The van der Waals surface area contributed by atoms with Crippen LogP contribution < -0.4 is 10.1 Å². The number of carboxylic acids is 1. The molecule has 0 saturated carbocycles. The molecule has 0 aliphatic rings. The van der Waals surface area contributed by atoms with Crippen LogP contribution in [0.15, 0.2) is 53.1 Å². The van der Waals surface area contributed by atoms with Gasteiger partial charge in [0.25, 0.3) is 0 Å². The number of carboxylic acid groups (broad SMARTS) is 1. The Hall–Kier alpha value is -3.79. The van der Waals surface area contributed by atoms with Gasteiger partial charge in [-0.3, -0.25) is 0 Å². The second kappa shape index (κ2) is 7.40. The molecule has 0 aliphatic carbocycles. The number of hydrogen-bond acceptors (Lipinski definition) is 6. The van der Waals surface area contributed by atoms with Crippen LogP contribution in [0.25, 0.3) is 0 Å². The summed E-state index contributed by atoms with van der Waals surface area (Å²) in [5, 5.41) is 24.4. The Balaban J connectivity index is 1.64. The molecule has 7 nitrogen and oxygen atoms in total. The SMILES string of the molecule is Cc1onc(C(=O)O)c1NCc1ccc(Oc2ccc(C#N)cc2)cc1. The number of aromatic carboxylic acids is 1. The molecule has 2 aromatic carbocycles. The minimum absolute atomic E-state index is 0.136. The van der Waals surface area contributed by atoms with Gasteiger partial charge in [-0.05, 0) is 48.9 Å². The van der Waals surface area contributed by atoms with Gasteiger partial charge in [-0.2, -0.15) is 5.26 Å². The molecule has 130 valence electrons. The largest absolute Gasteiger partial charge is 0.476 e. The summed E-state index contributed by atoms with van der Waals surface area (Å²) in [6.07, 6.45) is 0. The molecule has 7 heteroatoms. The smallest absolute Gasteiger partial charge is 0.360 e. The summed E-state index contributed by atoms with van der Waals surface area (Å²) in [4.78, 5) is 11.1. The molecule has 0 spiro atoms. The first-order chi connectivity index (χ1) is 12.6. The molecule has 0 amide bonds. The van der Waals surface area contributed by atoms with Gasteiger partial charge < -0.3 is 19.7 Å². The lowest BCUT2D eigenvalue weighted by Gasteiger charge is -2.08. The van der Waals surface area contributed by atoms with Gasteiger partial charge in [-0.25, -0.2) is 4.79 Å². The Morgan fingerprint density at radius 3 is 2.38 bits per heavy atom. The van der Waals surface area contributed by atoms with Crippen molar-refractivity contribution in [3.8, 4) is 17.6 Å². The van der Waals surface area contributed by atoms with Gasteiger partial charge in [0.15, 0.2) is 5.76 Å². The minimum Gasteiger partial charge on any atom is -0.476 e. The Labute approximate surface area is 149 Å². The molecule has 0 aliphatic heterocycles. The van der Waals surface area contributed by atoms with Crippen LogP contribution in [-0.2, 0) is 6.54 Å². The van der Waals surface area contributed by atoms with Crippen LogP contribution in [0.3, 0.4) is 0 Å². The average molecular weight is 349 g/mol. The van der Waals surface area contributed by atoms with Gasteiger partial charge in [0, 0.05) is 6.54 Å². The normalized spacial score (nSPS) is 10.2. The van der Waals surface area contributed by atoms with Gasteiger partial charge in [-0.15, -0.1) is 0 Å². The number of nitrogens with one attached hydrogen (secondary N) is 1. The molecule has 0 radical (unpaired) electrons. The van der Waals surface area contributed by atoms with E-state index in [0.29, 0.717) is 35.1 Å². The minimum atomic E-state index is -1.14. The first-order valence-electron chi connectivity index (χ1n) is 7.77. The van der Waals surface area contributed by atoms with Gasteiger partial charge >= 0.3 is 5.97 Å². The van der Waals surface area contributed by atoms with Crippen LogP contribution in [0.4, 0.5) is 5.69 Å². The number of aromatic nitrogens is 1. The van der Waals surface area contributed by atoms with E-state index in [1.807, 2.05) is 24.3 Å². The Kier molecular flexibility index (Phi) is 4.85. The van der Waals surface area contributed by atoms with Crippen LogP contribution in [0.1, 0.15) is 27.4 Å². The van der Waals surface area contributed by atoms with Crippen LogP contribution in [-0.4, -0.2) is 16.2 Å². The van der Waals surface area contributed by atoms with Crippen molar-refractivity contribution in [3.63, 3.8) is 0 Å². The van der Waals surface area contributed by atoms with Crippen LogP contribution in [0.5, 0.6) is 11.5 Å². The standard InChI is InChI=1S/C19H15N3O4/c1-12-17(18(19(23)24)22-26-12)21-11-14-4-8-16(9-5-14)25-15-6-2-13(10-20)3-7-15/h2-9,21H,11H2,1H3,(H,23,24). The Morgan fingerprint density at radius 1 is 1.19 bits per heavy atom. The third-order valence-corrected chi connectivity index (χ3v) is 3.68. The molecular formula is C19H15N3O4. The maximum Gasteiger partial charge on any atom is 0.360 e. The molecule has 3 rings (SSSR count). The van der Waals surface area contributed by atoms with Crippen molar-refractivity contribution in [1.82, 2.24) is 5.16 Å². The van der Waals surface area contributed by atoms with E-state index in [9.17, 15) is 4.79 Å². The Morgan fingerprint density at radius 2 is 1.81 bits per heavy atom. The maximum atomic E-state index is 11.1. The van der Waals surface area contributed by atoms with E-state index in [0.717, 1.165) is 5.56 Å². The van der Waals surface area contributed by atoms with E-state index in [1.165, 1.54) is 0 Å². The third kappa shape index (κ3) is 3.82. The van der Waals surface area contributed by atoms with E-state index in [-0.39, 0.29) is 5.69 Å². The van der Waals surface area contributed by atoms with Crippen molar-refractivity contribution in [2.24, 2.45) is 0 Å². The van der Waals surface area contributed by atoms with Gasteiger partial charge in [0.1, 0.15) is 17.2 Å². The lowest BCUT2D eigenvalue weighted by molar-refractivity contribution is 0.0686. The number of benzene rings is 2. The van der Waals surface area contributed by atoms with Gasteiger partial charge in [-0.1, -0.05) is 17.3 Å². The molecule has 0 bridgehead atoms. The van der Waals surface area contributed by atoms with Crippen molar-refractivity contribution in [2.45, 2.75) is 13.5 Å². The fourth-order valence-electron chi connectivity index (χ4n) is 2.33. The van der Waals surface area contributed by atoms with Crippen molar-refractivity contribution >= 4 is 11.7 Å². The number of carbonyl (C=O) groups is 1. The number of hydrogen-bond donors (Lipinski definition) is 2. The second-order valence-corrected chi connectivity index (χ2v) is 5.50. The molecule has 2 N–H and O–H groups in total. The molecule has 0 unspecified atom stereocenters. The van der Waals surface area contributed by atoms with E-state index in [4.69, 9.17) is 19.6 Å². The van der Waals surface area contributed by atoms with E-state index in [2.05, 4.69) is 16.5 Å². The van der Waals surface area contributed by atoms with Crippen molar-refractivity contribution in [1.29, 1.82) is 5.26 Å². The molecule has 0 fully saturated rings. The number of nitriles is 1. The highest BCUT2D eigenvalue weighted by atomic mass is 16.5. The zero-order valence-corrected chi connectivity index (χ0v) is 13.9. The third-order valence-electron chi connectivity index (χ3n) is 3.68. The van der Waals surface area contributed by atoms with Crippen LogP contribution in [0.2, 0.25) is 0 Å². The molecule has 1 heterocycles. The molecule has 26 heavy (non-hydrogen) atoms. The summed E-state index contributed by atoms with van der Waals surface area (Å²) in [6, 6.07) is 16.3. The Bertz CT molecular complexity index is 954. The van der Waals surface area contributed by atoms with E-state index >= 15 is 0 Å². The molecule has 1 aromatic heterocycles. The average Bonchev–Trinajstić information content (AvgIpc) is 3.03. The summed E-state index contributed by atoms with van der Waals surface area (Å²) in [5.41, 5.74) is 1.75. The fourth-order valence-corrected chi connectivity index (χ4v) is 2.33. The summed E-state index contributed by atoms with van der Waals surface area (Å²) in [5.74, 6) is 0.575. The molecule has 0 saturated heterocycles. The van der Waals surface area contributed by atoms with Crippen LogP contribution >= 0.6 is 0 Å². The molecular weight excluding hydrogens is 334 g/mol. The summed E-state index contributed by atoms with van der Waals surface area (Å²) in [6.45, 7) is 2.07. The highest BCUT2D eigenvalue weighted by molar-refractivity contribution is 5.92. The predicted octanol–water partition coefficient (Wildman–Crippen LogP) is 3.96. The topological polar surface area (TPSA) is 108 Å². The number of ether oxygens (including phenoxy) is 1. The number of rotatable bonds is 6. The lowest BCUT2D eigenvalue weighted by Crippen LogP contribution is -2.06. The maximum absolute atomic E-state index is 11.1. The quantitative estimate of drug-likeness (QED) is 0.693. The second-order valence-electron chi connectivity index (χ2n) is 5.50. The molecule has 0 atom stereocenters. The zero-order valence-electron chi connectivity index (χ0n) is 13.9. The number of aryl methyl sites for hydroxylation is 1. The van der Waals surface area contributed by atoms with Gasteiger partial charge in [0.2, 0.25) is 5.69 Å². The number of nitrogens with zero attached hydrogens (tertiary/aromatic N) is 2. The zero-order chi connectivity index (χ0) is 18.5. The first kappa shape index (κ1) is 17.0. The van der Waals surface area contributed by atoms with Crippen molar-refractivity contribution in [2.75, 3.05) is 5.32 Å². The van der Waals surface area contributed by atoms with E-state index < -0.39 is 5.97 Å². The van der Waals surface area contributed by atoms with Crippen molar-refractivity contribution < 1.29 is 19.2 Å². The van der Waals surface area contributed by atoms with E-state index in [1.54, 1.807) is 31.2 Å². The molecule has 3 aromatic rings. The van der Waals surface area contributed by atoms with Gasteiger partial charge in [0.05, 0.1) is 11.6 Å². The first-order valence-corrected chi connectivity index (χ1v) is 7.77. The number of anilines is 1. The highest BCUT2D eigenvalue weighted by Crippen LogP contribution is 2.24. The predicted molar refractivity (Wildman–Crippen MR) is 93.2 cm³/mol. The summed E-state index contributed by atoms with van der Waals surface area (Å²) >= 11 is 0. The fraction of sp³-hybridized carbons (Fsp3) is 0.105. The lowest BCUT2D eigenvalue weighted by atomic mass is 10.2. The monoisotopic (exact) mass is 349 g/mol. The van der Waals surface area contributed by atoms with Crippen LogP contribution in [0, 0.1) is 18.3 Å².